The molecule has 2 amide bonds. The number of rotatable bonds is 1. The van der Waals surface area contributed by atoms with E-state index < -0.39 is 6.09 Å². The third-order valence-electron chi connectivity index (χ3n) is 4.10. The highest BCUT2D eigenvalue weighted by atomic mass is 16.4. The minimum absolute atomic E-state index is 0.0110. The number of likely N-dealkylation sites (tertiary alicyclic amines) is 2. The quantitative estimate of drug-likeness (QED) is 0.706. The van der Waals surface area contributed by atoms with Crippen molar-refractivity contribution in [3.05, 3.63) is 0 Å². The minimum Gasteiger partial charge on any atom is -0.465 e. The summed E-state index contributed by atoms with van der Waals surface area (Å²) in [5.41, 5.74) is 5.52. The average Bonchev–Trinajstić information content (AvgIpc) is 2.59. The Kier molecular flexibility index (Phi) is 3.23. The van der Waals surface area contributed by atoms with Crippen molar-refractivity contribution in [2.75, 3.05) is 19.6 Å². The lowest BCUT2D eigenvalue weighted by Crippen LogP contribution is -2.57. The fraction of sp³-hybridized carbons (Fsp3) is 0.833. The number of amides is 2. The molecule has 2 aliphatic heterocycles. The lowest BCUT2D eigenvalue weighted by molar-refractivity contribution is -0.134. The fourth-order valence-corrected chi connectivity index (χ4v) is 3.12. The van der Waals surface area contributed by atoms with Crippen LogP contribution in [-0.4, -0.2) is 58.6 Å². The van der Waals surface area contributed by atoms with Crippen molar-refractivity contribution in [1.29, 1.82) is 0 Å². The Hall–Kier alpha value is -1.30. The van der Waals surface area contributed by atoms with Gasteiger partial charge in [0.1, 0.15) is 0 Å². The Morgan fingerprint density at radius 1 is 1.39 bits per heavy atom. The zero-order chi connectivity index (χ0) is 13.5. The third kappa shape index (κ3) is 2.16. The molecule has 6 nitrogen and oxygen atoms in total. The van der Waals surface area contributed by atoms with Gasteiger partial charge in [-0.05, 0) is 12.8 Å². The van der Waals surface area contributed by atoms with Crippen LogP contribution in [0.5, 0.6) is 0 Å². The molecule has 0 aromatic rings. The van der Waals surface area contributed by atoms with Crippen LogP contribution < -0.4 is 5.73 Å². The van der Waals surface area contributed by atoms with Crippen molar-refractivity contribution >= 4 is 12.0 Å². The number of carboxylic acid groups (broad SMARTS) is 1. The Balaban J connectivity index is 2.11. The van der Waals surface area contributed by atoms with Gasteiger partial charge in [-0.15, -0.1) is 0 Å². The van der Waals surface area contributed by atoms with E-state index in [0.29, 0.717) is 32.5 Å². The summed E-state index contributed by atoms with van der Waals surface area (Å²) in [5, 5.41) is 9.04. The van der Waals surface area contributed by atoms with E-state index in [4.69, 9.17) is 10.8 Å². The van der Waals surface area contributed by atoms with Gasteiger partial charge in [0.2, 0.25) is 5.91 Å². The monoisotopic (exact) mass is 255 g/mol. The van der Waals surface area contributed by atoms with Gasteiger partial charge >= 0.3 is 6.09 Å². The highest BCUT2D eigenvalue weighted by Gasteiger charge is 2.44. The number of carbonyl (C=O) groups is 2. The van der Waals surface area contributed by atoms with E-state index in [2.05, 4.69) is 0 Å². The molecule has 2 fully saturated rings. The van der Waals surface area contributed by atoms with E-state index in [-0.39, 0.29) is 23.4 Å². The maximum atomic E-state index is 12.0. The molecule has 0 radical (unpaired) electrons. The molecule has 0 saturated carbocycles. The van der Waals surface area contributed by atoms with Gasteiger partial charge in [-0.1, -0.05) is 13.8 Å². The van der Waals surface area contributed by atoms with Gasteiger partial charge in [-0.25, -0.2) is 4.79 Å². The van der Waals surface area contributed by atoms with Crippen molar-refractivity contribution in [2.24, 2.45) is 11.1 Å². The number of nitrogens with zero attached hydrogens (tertiary/aromatic N) is 2. The van der Waals surface area contributed by atoms with Crippen LogP contribution in [0.1, 0.15) is 26.7 Å². The van der Waals surface area contributed by atoms with Crippen LogP contribution in [0.4, 0.5) is 4.79 Å². The van der Waals surface area contributed by atoms with Crippen LogP contribution >= 0.6 is 0 Å². The van der Waals surface area contributed by atoms with E-state index in [0.717, 1.165) is 0 Å². The number of nitrogens with two attached hydrogens (primary N) is 1. The van der Waals surface area contributed by atoms with Crippen LogP contribution in [0, 0.1) is 5.41 Å². The van der Waals surface area contributed by atoms with Gasteiger partial charge in [0.05, 0.1) is 6.04 Å². The highest BCUT2D eigenvalue weighted by molar-refractivity contribution is 5.84. The number of carbonyl (C=O) groups excluding carboxylic acids is 1. The Morgan fingerprint density at radius 3 is 2.50 bits per heavy atom. The molecule has 2 atom stereocenters. The molecule has 2 saturated heterocycles. The topological polar surface area (TPSA) is 86.9 Å². The summed E-state index contributed by atoms with van der Waals surface area (Å²) in [5.74, 6) is 0.0110. The number of hydrogen-bond donors (Lipinski definition) is 2. The smallest absolute Gasteiger partial charge is 0.407 e. The predicted molar refractivity (Wildman–Crippen MR) is 66.1 cm³/mol. The van der Waals surface area contributed by atoms with Gasteiger partial charge < -0.3 is 20.6 Å². The van der Waals surface area contributed by atoms with Crippen molar-refractivity contribution in [3.63, 3.8) is 0 Å². The molecule has 6 heteroatoms. The zero-order valence-electron chi connectivity index (χ0n) is 10.9. The average molecular weight is 255 g/mol. The Bertz CT molecular complexity index is 370. The molecule has 18 heavy (non-hydrogen) atoms. The van der Waals surface area contributed by atoms with Crippen molar-refractivity contribution in [3.8, 4) is 0 Å². The molecule has 0 aromatic carbocycles. The molecule has 1 unspecified atom stereocenters. The summed E-state index contributed by atoms with van der Waals surface area (Å²) < 4.78 is 0. The molecular formula is C12H21N3O3. The van der Waals surface area contributed by atoms with Gasteiger partial charge in [-0.3, -0.25) is 4.79 Å². The zero-order valence-corrected chi connectivity index (χ0v) is 10.9. The summed E-state index contributed by atoms with van der Waals surface area (Å²) in [6.45, 7) is 5.68. The molecule has 2 heterocycles. The molecule has 102 valence electrons. The third-order valence-corrected chi connectivity index (χ3v) is 4.10. The first kappa shape index (κ1) is 13.1. The number of piperidine rings is 1. The largest absolute Gasteiger partial charge is 0.465 e. The minimum atomic E-state index is -0.883. The molecule has 0 bridgehead atoms. The molecular weight excluding hydrogens is 234 g/mol. The first-order valence-corrected chi connectivity index (χ1v) is 6.37. The van der Waals surface area contributed by atoms with Crippen molar-refractivity contribution in [2.45, 2.75) is 38.8 Å². The number of hydrogen-bond acceptors (Lipinski definition) is 3. The maximum Gasteiger partial charge on any atom is 0.407 e. The lowest BCUT2D eigenvalue weighted by atomic mass is 9.78. The van der Waals surface area contributed by atoms with Gasteiger partial charge in [0.15, 0.2) is 0 Å². The van der Waals surface area contributed by atoms with Crippen LogP contribution in [-0.2, 0) is 4.79 Å². The lowest BCUT2D eigenvalue weighted by Gasteiger charge is -2.47. The first-order valence-electron chi connectivity index (χ1n) is 6.37. The standard InChI is InChI=1S/C12H21N3O3/c1-12(2)7-14(11(17)18)5-4-9(12)15-6-3-8(13)10(15)16/h8-9H,3-7,13H2,1-2H3,(H,17,18)/t8-,9?/m0/s1. The van der Waals surface area contributed by atoms with Crippen molar-refractivity contribution < 1.29 is 14.7 Å². The summed E-state index contributed by atoms with van der Waals surface area (Å²) in [6, 6.07) is -0.285. The normalized spacial score (nSPS) is 31.8. The first-order chi connectivity index (χ1) is 8.33. The summed E-state index contributed by atoms with van der Waals surface area (Å²) in [7, 11) is 0. The fourth-order valence-electron chi connectivity index (χ4n) is 3.12. The van der Waals surface area contributed by atoms with E-state index in [9.17, 15) is 9.59 Å². The van der Waals surface area contributed by atoms with Gasteiger partial charge in [-0.2, -0.15) is 0 Å². The van der Waals surface area contributed by atoms with Crippen LogP contribution in [0.25, 0.3) is 0 Å². The maximum absolute atomic E-state index is 12.0. The van der Waals surface area contributed by atoms with Crippen LogP contribution in [0.3, 0.4) is 0 Å². The molecule has 0 aromatic heterocycles. The highest BCUT2D eigenvalue weighted by Crippen LogP contribution is 2.35. The van der Waals surface area contributed by atoms with E-state index in [1.807, 2.05) is 18.7 Å². The SMILES string of the molecule is CC1(C)CN(C(=O)O)CCC1N1CC[C@H](N)C1=O. The molecule has 0 aliphatic carbocycles. The summed E-state index contributed by atoms with van der Waals surface area (Å²) in [4.78, 5) is 26.3. The van der Waals surface area contributed by atoms with Gasteiger partial charge in [0, 0.05) is 31.1 Å². The summed E-state index contributed by atoms with van der Waals surface area (Å²) in [6.07, 6.45) is 0.511. The predicted octanol–water partition coefficient (Wildman–Crippen LogP) is 0.325. The molecule has 2 rings (SSSR count). The Morgan fingerprint density at radius 2 is 2.06 bits per heavy atom. The second-order valence-corrected chi connectivity index (χ2v) is 5.92. The second-order valence-electron chi connectivity index (χ2n) is 5.92. The molecule has 0 spiro atoms. The molecule has 3 N–H and O–H groups in total. The Labute approximate surface area is 107 Å². The van der Waals surface area contributed by atoms with Gasteiger partial charge in [0.25, 0.3) is 0 Å². The van der Waals surface area contributed by atoms with Crippen LogP contribution in [0.15, 0.2) is 0 Å². The van der Waals surface area contributed by atoms with E-state index in [1.165, 1.54) is 4.90 Å². The summed E-state index contributed by atoms with van der Waals surface area (Å²) >= 11 is 0. The molecule has 2 aliphatic rings. The van der Waals surface area contributed by atoms with E-state index >= 15 is 0 Å². The van der Waals surface area contributed by atoms with Crippen LogP contribution in [0.2, 0.25) is 0 Å². The second kappa shape index (κ2) is 4.42. The van der Waals surface area contributed by atoms with E-state index in [1.54, 1.807) is 0 Å². The van der Waals surface area contributed by atoms with Crippen molar-refractivity contribution in [1.82, 2.24) is 9.80 Å².